The lowest BCUT2D eigenvalue weighted by molar-refractivity contribution is -0.179. The maximum absolute atomic E-state index is 16.9. The number of imide groups is 1. The molecule has 4 heterocycles. The Bertz CT molecular complexity index is 3200. The third kappa shape index (κ3) is 9.04. The van der Waals surface area contributed by atoms with Crippen molar-refractivity contribution in [2.75, 3.05) is 45.4 Å². The standard InChI is InChI=1S/C59H56N6O10/c1-36(38-15-7-4-8-16-38)62-58(71)64-46-26-21-37(14-13-28-61-57(60)70)32-45(46)59(56(64)69)49(54(67)63-29-27-42-33-47(72-2)48(73-3)34-43(42)35-63)51-55(68)75-52(40-19-11-6-12-20-40)50(39-17-9-5-10-18-39)65(51)53(59)41-22-24-44(25-23-41)74-31-30-66/h4-12,15-26,32-34,36,49-53,66H,27-31,35H2,1-3H3,(H,62,71)(H3,60,61,70)/t36-,49-,50-,51-,52+,53+,59-/m1/s1. The topological polar surface area (TPSA) is 202 Å². The number of aliphatic hydroxyl groups excluding tert-OH is 1. The average molecular weight is 1010 g/mol. The van der Waals surface area contributed by atoms with Crippen molar-refractivity contribution in [2.24, 2.45) is 11.7 Å². The Morgan fingerprint density at radius 2 is 1.47 bits per heavy atom. The SMILES string of the molecule is COc1cc2c(cc1OC)CN(C(=O)[C@H]1[C@@H]3C(=O)O[C@@H](c4ccccc4)[C@@H](c4ccccc4)N3[C@@H](c3ccc(OCCO)cc3)[C@]13C(=O)N(C(=O)N[C@H](C)c1ccccc1)c1ccc(C#CCNC(N)=O)cc13)CC2. The first-order valence-electron chi connectivity index (χ1n) is 24.8. The molecule has 2 fully saturated rings. The number of ether oxygens (including phenoxy) is 4. The third-order valence-electron chi connectivity index (χ3n) is 14.7. The van der Waals surface area contributed by atoms with E-state index in [0.29, 0.717) is 40.4 Å². The molecule has 4 aliphatic heterocycles. The van der Waals surface area contributed by atoms with Gasteiger partial charge in [0.25, 0.3) is 0 Å². The van der Waals surface area contributed by atoms with Crippen LogP contribution in [0.15, 0.2) is 146 Å². The van der Waals surface area contributed by atoms with Crippen molar-refractivity contribution in [2.45, 2.75) is 55.6 Å². The lowest BCUT2D eigenvalue weighted by Crippen LogP contribution is -2.57. The van der Waals surface area contributed by atoms with Gasteiger partial charge in [-0.1, -0.05) is 115 Å². The van der Waals surface area contributed by atoms with Gasteiger partial charge in [0.15, 0.2) is 11.5 Å². The van der Waals surface area contributed by atoms with Crippen molar-refractivity contribution in [1.29, 1.82) is 0 Å². The quantitative estimate of drug-likeness (QED) is 0.0741. The fraction of sp³-hybridized carbons (Fsp3) is 0.271. The Hall–Kier alpha value is -8.65. The zero-order chi connectivity index (χ0) is 52.4. The third-order valence-corrected chi connectivity index (χ3v) is 14.7. The van der Waals surface area contributed by atoms with Crippen LogP contribution >= 0.6 is 0 Å². The van der Waals surface area contributed by atoms with Crippen molar-refractivity contribution in [1.82, 2.24) is 20.4 Å². The number of morpholine rings is 1. The second-order valence-corrected chi connectivity index (χ2v) is 18.9. The molecular weight excluding hydrogens is 953 g/mol. The molecule has 382 valence electrons. The molecule has 6 amide bonds. The van der Waals surface area contributed by atoms with Gasteiger partial charge in [-0.05, 0) is 94.8 Å². The number of esters is 1. The molecule has 0 unspecified atom stereocenters. The van der Waals surface area contributed by atoms with E-state index < -0.39 is 71.5 Å². The van der Waals surface area contributed by atoms with E-state index in [1.165, 1.54) is 7.11 Å². The monoisotopic (exact) mass is 1010 g/mol. The van der Waals surface area contributed by atoms with Crippen LogP contribution in [0.1, 0.15) is 75.7 Å². The second kappa shape index (κ2) is 21.1. The number of nitrogens with two attached hydrogens (primary N) is 1. The van der Waals surface area contributed by atoms with E-state index in [1.807, 2.05) is 115 Å². The molecule has 0 bridgehead atoms. The molecule has 2 saturated heterocycles. The molecule has 4 aliphatic rings. The summed E-state index contributed by atoms with van der Waals surface area (Å²) in [5, 5.41) is 15.2. The van der Waals surface area contributed by atoms with Gasteiger partial charge in [-0.3, -0.25) is 19.3 Å². The number of benzene rings is 6. The molecule has 6 aromatic carbocycles. The first-order valence-corrected chi connectivity index (χ1v) is 24.8. The minimum atomic E-state index is -2.07. The summed E-state index contributed by atoms with van der Waals surface area (Å²) in [5.41, 5.74) is 8.64. The largest absolute Gasteiger partial charge is 0.493 e. The number of hydrogen-bond donors (Lipinski definition) is 4. The van der Waals surface area contributed by atoms with E-state index in [0.717, 1.165) is 27.2 Å². The number of carbonyl (C=O) groups excluding carboxylic acids is 5. The molecule has 5 N–H and O–H groups in total. The van der Waals surface area contributed by atoms with Gasteiger partial charge in [-0.2, -0.15) is 0 Å². The van der Waals surface area contributed by atoms with E-state index >= 15 is 19.2 Å². The van der Waals surface area contributed by atoms with Crippen LogP contribution in [0.5, 0.6) is 17.2 Å². The highest BCUT2D eigenvalue weighted by atomic mass is 16.6. The van der Waals surface area contributed by atoms with E-state index in [1.54, 1.807) is 54.5 Å². The number of primary amides is 1. The summed E-state index contributed by atoms with van der Waals surface area (Å²) in [6, 6.07) is 38.5. The summed E-state index contributed by atoms with van der Waals surface area (Å²) in [5.74, 6) is 3.94. The number of aliphatic hydroxyl groups is 1. The van der Waals surface area contributed by atoms with Crippen molar-refractivity contribution in [3.8, 4) is 29.1 Å². The number of rotatable bonds is 12. The van der Waals surface area contributed by atoms with Crippen molar-refractivity contribution >= 4 is 35.5 Å². The van der Waals surface area contributed by atoms with Crippen LogP contribution in [0.4, 0.5) is 15.3 Å². The van der Waals surface area contributed by atoms with Crippen molar-refractivity contribution in [3.63, 3.8) is 0 Å². The minimum Gasteiger partial charge on any atom is -0.493 e. The van der Waals surface area contributed by atoms with Gasteiger partial charge in [0.05, 0.1) is 57.1 Å². The van der Waals surface area contributed by atoms with Gasteiger partial charge >= 0.3 is 18.0 Å². The predicted molar refractivity (Wildman–Crippen MR) is 277 cm³/mol. The van der Waals surface area contributed by atoms with Crippen LogP contribution in [0.3, 0.4) is 0 Å². The summed E-state index contributed by atoms with van der Waals surface area (Å²) in [4.78, 5) is 80.9. The lowest BCUT2D eigenvalue weighted by atomic mass is 9.64. The maximum atomic E-state index is 16.9. The number of methoxy groups -OCH3 is 2. The zero-order valence-electron chi connectivity index (χ0n) is 41.6. The molecular formula is C59H56N6O10. The summed E-state index contributed by atoms with van der Waals surface area (Å²) in [7, 11) is 3.10. The van der Waals surface area contributed by atoms with E-state index in [9.17, 15) is 9.90 Å². The average Bonchev–Trinajstić information content (AvgIpc) is 3.90. The highest BCUT2D eigenvalue weighted by Crippen LogP contribution is 2.66. The summed E-state index contributed by atoms with van der Waals surface area (Å²) in [6.07, 6.45) is -0.531. The molecule has 16 heteroatoms. The second-order valence-electron chi connectivity index (χ2n) is 18.9. The normalized spacial score (nSPS) is 21.9. The molecule has 0 aromatic heterocycles. The molecule has 75 heavy (non-hydrogen) atoms. The van der Waals surface area contributed by atoms with Crippen molar-refractivity contribution in [3.05, 3.63) is 190 Å². The van der Waals surface area contributed by atoms with Gasteiger partial charge in [-0.25, -0.2) is 14.5 Å². The molecule has 6 aromatic rings. The minimum absolute atomic E-state index is 0.0197. The van der Waals surface area contributed by atoms with Crippen LogP contribution in [-0.2, 0) is 37.5 Å². The van der Waals surface area contributed by atoms with E-state index in [4.69, 9.17) is 24.7 Å². The Balaban J connectivity index is 1.25. The van der Waals surface area contributed by atoms with Gasteiger partial charge in [-0.15, -0.1) is 0 Å². The van der Waals surface area contributed by atoms with Crippen LogP contribution < -0.4 is 35.5 Å². The van der Waals surface area contributed by atoms with Gasteiger partial charge in [0, 0.05) is 18.7 Å². The number of nitrogens with one attached hydrogen (secondary N) is 2. The summed E-state index contributed by atoms with van der Waals surface area (Å²) < 4.78 is 23.9. The highest BCUT2D eigenvalue weighted by Gasteiger charge is 2.76. The molecule has 10 rings (SSSR count). The molecule has 0 aliphatic carbocycles. The number of nitrogens with zero attached hydrogens (tertiary/aromatic N) is 3. The first-order chi connectivity index (χ1) is 36.5. The van der Waals surface area contributed by atoms with Gasteiger partial charge in [0.1, 0.15) is 29.9 Å². The van der Waals surface area contributed by atoms with Crippen LogP contribution in [0.2, 0.25) is 0 Å². The predicted octanol–water partition coefficient (Wildman–Crippen LogP) is 6.82. The van der Waals surface area contributed by atoms with E-state index in [-0.39, 0.29) is 44.1 Å². The molecule has 7 atom stereocenters. The van der Waals surface area contributed by atoms with Gasteiger partial charge in [0.2, 0.25) is 11.8 Å². The summed E-state index contributed by atoms with van der Waals surface area (Å²) >= 11 is 0. The highest BCUT2D eigenvalue weighted by molar-refractivity contribution is 6.24. The number of amides is 6. The Kier molecular flexibility index (Phi) is 14.0. The first kappa shape index (κ1) is 49.9. The fourth-order valence-electron chi connectivity index (χ4n) is 11.5. The lowest BCUT2D eigenvalue weighted by Gasteiger charge is -2.46. The Labute approximate surface area is 434 Å². The number of cyclic esters (lactones) is 1. The van der Waals surface area contributed by atoms with Crippen LogP contribution in [-0.4, -0.2) is 91.3 Å². The smallest absolute Gasteiger partial charge is 0.329 e. The number of fused-ring (bicyclic) bond motifs is 4. The fourth-order valence-corrected chi connectivity index (χ4v) is 11.5. The van der Waals surface area contributed by atoms with E-state index in [2.05, 4.69) is 22.5 Å². The number of anilines is 1. The summed E-state index contributed by atoms with van der Waals surface area (Å²) in [6.45, 7) is 1.82. The maximum Gasteiger partial charge on any atom is 0.329 e. The number of hydrogen-bond acceptors (Lipinski definition) is 11. The van der Waals surface area contributed by atoms with Crippen LogP contribution in [0, 0.1) is 17.8 Å². The molecule has 0 radical (unpaired) electrons. The number of urea groups is 2. The zero-order valence-corrected chi connectivity index (χ0v) is 41.6. The van der Waals surface area contributed by atoms with Crippen molar-refractivity contribution < 1.29 is 48.0 Å². The van der Waals surface area contributed by atoms with Gasteiger partial charge < -0.3 is 45.3 Å². The number of carbonyl (C=O) groups is 5. The molecule has 16 nitrogen and oxygen atoms in total. The Morgan fingerprint density at radius 1 is 0.813 bits per heavy atom. The molecule has 0 saturated carbocycles. The van der Waals surface area contributed by atoms with Crippen LogP contribution in [0.25, 0.3) is 0 Å². The Morgan fingerprint density at radius 3 is 2.12 bits per heavy atom. The molecule has 1 spiro atoms.